The predicted molar refractivity (Wildman–Crippen MR) is 113 cm³/mol. The molecule has 5 heteroatoms. The fourth-order valence-electron chi connectivity index (χ4n) is 3.98. The van der Waals surface area contributed by atoms with Crippen LogP contribution in [0.4, 0.5) is 5.82 Å². The number of amides is 1. The Kier molecular flexibility index (Phi) is 4.99. The highest BCUT2D eigenvalue weighted by Gasteiger charge is 2.22. The Morgan fingerprint density at radius 1 is 0.893 bits per heavy atom. The second-order valence-electron chi connectivity index (χ2n) is 7.59. The van der Waals surface area contributed by atoms with Crippen LogP contribution in [-0.2, 0) is 0 Å². The molecule has 2 aromatic heterocycles. The number of aromatic nitrogens is 2. The number of hydrogen-bond acceptors (Lipinski definition) is 4. The van der Waals surface area contributed by atoms with Crippen LogP contribution < -0.4 is 4.90 Å². The number of hydrogen-bond donors (Lipinski definition) is 0. The highest BCUT2D eigenvalue weighted by Crippen LogP contribution is 2.23. The maximum atomic E-state index is 13.0. The van der Waals surface area contributed by atoms with E-state index in [1.165, 1.54) is 10.9 Å². The number of nitrogens with zero attached hydrogens (tertiary/aromatic N) is 4. The summed E-state index contributed by atoms with van der Waals surface area (Å²) in [6.45, 7) is 9.16. The predicted octanol–water partition coefficient (Wildman–Crippen LogP) is 3.91. The molecule has 0 radical (unpaired) electrons. The molecule has 1 fully saturated rings. The summed E-state index contributed by atoms with van der Waals surface area (Å²) < 4.78 is 0. The van der Waals surface area contributed by atoms with E-state index in [0.29, 0.717) is 6.54 Å². The maximum Gasteiger partial charge on any atom is 0.254 e. The molecular weight excluding hydrogens is 348 g/mol. The molecule has 1 saturated heterocycles. The highest BCUT2D eigenvalue weighted by molar-refractivity contribution is 5.94. The monoisotopic (exact) mass is 374 g/mol. The van der Waals surface area contributed by atoms with Crippen molar-refractivity contribution in [1.82, 2.24) is 14.9 Å². The van der Waals surface area contributed by atoms with Gasteiger partial charge in [-0.1, -0.05) is 18.2 Å². The molecule has 0 aliphatic carbocycles. The Hall–Kier alpha value is -2.95. The lowest BCUT2D eigenvalue weighted by Gasteiger charge is -2.24. The molecular formula is C23H26N4O. The van der Waals surface area contributed by atoms with Gasteiger partial charge in [0.25, 0.3) is 5.91 Å². The molecule has 0 spiro atoms. The summed E-state index contributed by atoms with van der Waals surface area (Å²) in [5.41, 5.74) is 4.77. The number of rotatable bonds is 2. The van der Waals surface area contributed by atoms with Crippen LogP contribution >= 0.6 is 0 Å². The molecule has 0 bridgehead atoms. The zero-order valence-electron chi connectivity index (χ0n) is 16.8. The molecule has 144 valence electrons. The van der Waals surface area contributed by atoms with E-state index in [-0.39, 0.29) is 5.91 Å². The third kappa shape index (κ3) is 3.70. The number of pyridine rings is 2. The lowest BCUT2D eigenvalue weighted by Crippen LogP contribution is -2.35. The summed E-state index contributed by atoms with van der Waals surface area (Å²) >= 11 is 0. The molecule has 5 nitrogen and oxygen atoms in total. The fraction of sp³-hybridized carbons (Fsp3) is 0.348. The number of aryl methyl sites for hydroxylation is 3. The van der Waals surface area contributed by atoms with Crippen LogP contribution in [0.3, 0.4) is 0 Å². The summed E-state index contributed by atoms with van der Waals surface area (Å²) in [6.07, 6.45) is 0.933. The number of benzene rings is 1. The van der Waals surface area contributed by atoms with E-state index in [0.717, 1.165) is 54.3 Å². The summed E-state index contributed by atoms with van der Waals surface area (Å²) in [7, 11) is 0. The first-order chi connectivity index (χ1) is 13.5. The molecule has 1 amide bonds. The number of anilines is 1. The van der Waals surface area contributed by atoms with Gasteiger partial charge in [-0.3, -0.25) is 9.78 Å². The van der Waals surface area contributed by atoms with Gasteiger partial charge >= 0.3 is 0 Å². The van der Waals surface area contributed by atoms with Crippen LogP contribution in [-0.4, -0.2) is 47.0 Å². The number of fused-ring (bicyclic) bond motifs is 1. The van der Waals surface area contributed by atoms with Crippen molar-refractivity contribution < 1.29 is 4.79 Å². The van der Waals surface area contributed by atoms with Gasteiger partial charge in [0.15, 0.2) is 0 Å². The lowest BCUT2D eigenvalue weighted by molar-refractivity contribution is 0.0766. The third-order valence-corrected chi connectivity index (χ3v) is 5.35. The Labute approximate surface area is 166 Å². The molecule has 0 N–H and O–H groups in total. The summed E-state index contributed by atoms with van der Waals surface area (Å²) in [4.78, 5) is 26.5. The van der Waals surface area contributed by atoms with Gasteiger partial charge in [0.1, 0.15) is 5.82 Å². The lowest BCUT2D eigenvalue weighted by atomic mass is 10.1. The zero-order chi connectivity index (χ0) is 19.7. The van der Waals surface area contributed by atoms with Gasteiger partial charge in [-0.15, -0.1) is 0 Å². The van der Waals surface area contributed by atoms with Crippen LogP contribution in [0.25, 0.3) is 10.9 Å². The van der Waals surface area contributed by atoms with Crippen LogP contribution in [0.1, 0.15) is 33.7 Å². The molecule has 0 unspecified atom stereocenters. The van der Waals surface area contributed by atoms with Gasteiger partial charge in [0.05, 0.1) is 5.52 Å². The summed E-state index contributed by atoms with van der Waals surface area (Å²) in [5.74, 6) is 1.10. The molecule has 3 heterocycles. The maximum absolute atomic E-state index is 13.0. The Bertz CT molecular complexity index is 1010. The minimum atomic E-state index is 0.0955. The van der Waals surface area contributed by atoms with E-state index in [1.807, 2.05) is 36.9 Å². The van der Waals surface area contributed by atoms with Gasteiger partial charge in [-0.25, -0.2) is 4.98 Å². The van der Waals surface area contributed by atoms with Gasteiger partial charge in [0.2, 0.25) is 0 Å². The molecule has 28 heavy (non-hydrogen) atoms. The molecule has 1 aromatic carbocycles. The van der Waals surface area contributed by atoms with Crippen molar-refractivity contribution in [3.8, 4) is 0 Å². The average Bonchev–Trinajstić information content (AvgIpc) is 2.93. The van der Waals surface area contributed by atoms with E-state index in [4.69, 9.17) is 4.98 Å². The molecule has 3 aromatic rings. The van der Waals surface area contributed by atoms with Gasteiger partial charge in [-0.05, 0) is 57.0 Å². The van der Waals surface area contributed by atoms with Gasteiger partial charge in [0, 0.05) is 48.5 Å². The Morgan fingerprint density at radius 3 is 2.43 bits per heavy atom. The Balaban J connectivity index is 1.53. The summed E-state index contributed by atoms with van der Waals surface area (Å²) in [5, 5.41) is 1.20. The van der Waals surface area contributed by atoms with Crippen LogP contribution in [0.15, 0.2) is 42.5 Å². The van der Waals surface area contributed by atoms with Crippen molar-refractivity contribution in [2.24, 2.45) is 0 Å². The first-order valence-corrected chi connectivity index (χ1v) is 9.87. The van der Waals surface area contributed by atoms with Crippen molar-refractivity contribution in [2.75, 3.05) is 31.1 Å². The first kappa shape index (κ1) is 18.4. The largest absolute Gasteiger partial charge is 0.355 e. The first-order valence-electron chi connectivity index (χ1n) is 9.87. The van der Waals surface area contributed by atoms with Crippen molar-refractivity contribution in [2.45, 2.75) is 27.2 Å². The average molecular weight is 374 g/mol. The fourth-order valence-corrected chi connectivity index (χ4v) is 3.98. The number of carbonyl (C=O) groups is 1. The number of carbonyl (C=O) groups excluding carboxylic acids is 1. The van der Waals surface area contributed by atoms with Crippen LogP contribution in [0.2, 0.25) is 0 Å². The molecule has 1 aliphatic heterocycles. The van der Waals surface area contributed by atoms with Crippen molar-refractivity contribution in [1.29, 1.82) is 0 Å². The smallest absolute Gasteiger partial charge is 0.254 e. The molecule has 0 saturated carbocycles. The standard InChI is InChI=1S/C23H26N4O/c1-16-13-22(25-21-8-5-4-7-20(16)21)26-9-6-10-27(12-11-26)23(28)19-14-17(2)24-18(3)15-19/h4-5,7-8,13-15H,6,9-12H2,1-3H3. The second-order valence-corrected chi connectivity index (χ2v) is 7.59. The normalized spacial score (nSPS) is 15.0. The third-order valence-electron chi connectivity index (χ3n) is 5.35. The minimum absolute atomic E-state index is 0.0955. The van der Waals surface area contributed by atoms with Gasteiger partial charge < -0.3 is 9.80 Å². The van der Waals surface area contributed by atoms with E-state index < -0.39 is 0 Å². The van der Waals surface area contributed by atoms with E-state index in [1.54, 1.807) is 0 Å². The van der Waals surface area contributed by atoms with E-state index >= 15 is 0 Å². The minimum Gasteiger partial charge on any atom is -0.355 e. The summed E-state index contributed by atoms with van der Waals surface area (Å²) in [6, 6.07) is 14.2. The molecule has 4 rings (SSSR count). The Morgan fingerprint density at radius 2 is 1.64 bits per heavy atom. The number of para-hydroxylation sites is 1. The van der Waals surface area contributed by atoms with Crippen LogP contribution in [0.5, 0.6) is 0 Å². The van der Waals surface area contributed by atoms with Crippen molar-refractivity contribution in [3.05, 3.63) is 65.0 Å². The molecule has 0 atom stereocenters. The zero-order valence-corrected chi connectivity index (χ0v) is 16.8. The second kappa shape index (κ2) is 7.58. The van der Waals surface area contributed by atoms with Crippen molar-refractivity contribution >= 4 is 22.6 Å². The molecule has 1 aliphatic rings. The van der Waals surface area contributed by atoms with E-state index in [2.05, 4.69) is 41.1 Å². The topological polar surface area (TPSA) is 49.3 Å². The van der Waals surface area contributed by atoms with E-state index in [9.17, 15) is 4.79 Å². The van der Waals surface area contributed by atoms with Crippen molar-refractivity contribution in [3.63, 3.8) is 0 Å². The SMILES string of the molecule is Cc1cc(C(=O)N2CCCN(c3cc(C)c4ccccc4n3)CC2)cc(C)n1. The quantitative estimate of drug-likeness (QED) is 0.682. The highest BCUT2D eigenvalue weighted by atomic mass is 16.2. The van der Waals surface area contributed by atoms with Crippen LogP contribution in [0, 0.1) is 20.8 Å². The van der Waals surface area contributed by atoms with Gasteiger partial charge in [-0.2, -0.15) is 0 Å².